The fraction of sp³-hybridized carbons (Fsp3) is 0.444. The highest BCUT2D eigenvalue weighted by atomic mass is 16.5. The minimum atomic E-state index is 0.257. The number of aromatic nitrogens is 2. The molecule has 0 saturated carbocycles. The van der Waals surface area contributed by atoms with Crippen molar-refractivity contribution in [2.45, 2.75) is 33.0 Å². The van der Waals surface area contributed by atoms with Crippen molar-refractivity contribution in [3.05, 3.63) is 53.6 Å². The zero-order valence-corrected chi connectivity index (χ0v) is 14.3. The van der Waals surface area contributed by atoms with Crippen molar-refractivity contribution < 1.29 is 9.47 Å². The SMILES string of the molecule is COCC(C)N(Cc1cnc(C)cn1)Cc1ccccc1OC. The number of aryl methyl sites for hydroxylation is 1. The van der Waals surface area contributed by atoms with Gasteiger partial charge in [-0.15, -0.1) is 0 Å². The molecule has 2 aromatic rings. The normalized spacial score (nSPS) is 12.4. The summed E-state index contributed by atoms with van der Waals surface area (Å²) in [5.74, 6) is 0.900. The number of rotatable bonds is 8. The third-order valence-electron chi connectivity index (χ3n) is 3.80. The lowest BCUT2D eigenvalue weighted by molar-refractivity contribution is 0.0880. The third kappa shape index (κ3) is 5.01. The van der Waals surface area contributed by atoms with E-state index in [1.54, 1.807) is 20.4 Å². The Balaban J connectivity index is 2.18. The van der Waals surface area contributed by atoms with Gasteiger partial charge in [-0.2, -0.15) is 0 Å². The van der Waals surface area contributed by atoms with Crippen molar-refractivity contribution in [3.63, 3.8) is 0 Å². The first kappa shape index (κ1) is 17.4. The van der Waals surface area contributed by atoms with E-state index < -0.39 is 0 Å². The van der Waals surface area contributed by atoms with Gasteiger partial charge in [-0.25, -0.2) is 0 Å². The second kappa shape index (κ2) is 8.60. The fourth-order valence-corrected chi connectivity index (χ4v) is 2.48. The second-order valence-corrected chi connectivity index (χ2v) is 5.67. The quantitative estimate of drug-likeness (QED) is 0.749. The Hall–Kier alpha value is -1.98. The largest absolute Gasteiger partial charge is 0.496 e. The molecule has 0 N–H and O–H groups in total. The number of hydrogen-bond acceptors (Lipinski definition) is 5. The molecule has 1 aromatic heterocycles. The molecule has 1 unspecified atom stereocenters. The van der Waals surface area contributed by atoms with Crippen LogP contribution in [0.3, 0.4) is 0 Å². The van der Waals surface area contributed by atoms with E-state index in [-0.39, 0.29) is 6.04 Å². The van der Waals surface area contributed by atoms with Gasteiger partial charge in [0.15, 0.2) is 0 Å². The van der Waals surface area contributed by atoms with Gasteiger partial charge in [0, 0.05) is 44.2 Å². The molecule has 0 spiro atoms. The molecule has 5 nitrogen and oxygen atoms in total. The van der Waals surface area contributed by atoms with Gasteiger partial charge >= 0.3 is 0 Å². The average molecular weight is 315 g/mol. The van der Waals surface area contributed by atoms with E-state index in [4.69, 9.17) is 9.47 Å². The van der Waals surface area contributed by atoms with Crippen LogP contribution in [0, 0.1) is 6.92 Å². The molecule has 0 fully saturated rings. The predicted molar refractivity (Wildman–Crippen MR) is 90.3 cm³/mol. The van der Waals surface area contributed by atoms with Gasteiger partial charge in [-0.05, 0) is 19.9 Å². The van der Waals surface area contributed by atoms with E-state index in [2.05, 4.69) is 27.9 Å². The minimum absolute atomic E-state index is 0.257. The molecule has 1 aromatic carbocycles. The number of nitrogens with zero attached hydrogens (tertiary/aromatic N) is 3. The summed E-state index contributed by atoms with van der Waals surface area (Å²) in [6.07, 6.45) is 3.64. The zero-order valence-electron chi connectivity index (χ0n) is 14.3. The van der Waals surface area contributed by atoms with E-state index in [0.29, 0.717) is 6.61 Å². The molecule has 0 aliphatic rings. The van der Waals surface area contributed by atoms with Crippen molar-refractivity contribution in [3.8, 4) is 5.75 Å². The Morgan fingerprint density at radius 2 is 1.87 bits per heavy atom. The Morgan fingerprint density at radius 1 is 1.09 bits per heavy atom. The Labute approximate surface area is 138 Å². The van der Waals surface area contributed by atoms with Gasteiger partial charge in [-0.1, -0.05) is 18.2 Å². The van der Waals surface area contributed by atoms with Crippen LogP contribution in [-0.2, 0) is 17.8 Å². The smallest absolute Gasteiger partial charge is 0.123 e. The fourth-order valence-electron chi connectivity index (χ4n) is 2.48. The molecule has 5 heteroatoms. The Bertz CT molecular complexity index is 601. The van der Waals surface area contributed by atoms with E-state index in [1.165, 1.54) is 0 Å². The number of methoxy groups -OCH3 is 2. The summed E-state index contributed by atoms with van der Waals surface area (Å²) in [6.45, 7) is 6.24. The second-order valence-electron chi connectivity index (χ2n) is 5.67. The molecule has 0 saturated heterocycles. The minimum Gasteiger partial charge on any atom is -0.496 e. The molecule has 1 atom stereocenters. The summed E-state index contributed by atoms with van der Waals surface area (Å²) < 4.78 is 10.8. The van der Waals surface area contributed by atoms with Gasteiger partial charge in [0.2, 0.25) is 0 Å². The topological polar surface area (TPSA) is 47.5 Å². The third-order valence-corrected chi connectivity index (χ3v) is 3.80. The van der Waals surface area contributed by atoms with E-state index in [9.17, 15) is 0 Å². The molecule has 0 aliphatic carbocycles. The van der Waals surface area contributed by atoms with Gasteiger partial charge in [0.1, 0.15) is 5.75 Å². The Morgan fingerprint density at radius 3 is 2.52 bits per heavy atom. The first-order valence-electron chi connectivity index (χ1n) is 7.76. The number of hydrogen-bond donors (Lipinski definition) is 0. The number of para-hydroxylation sites is 1. The molecule has 0 bridgehead atoms. The first-order valence-corrected chi connectivity index (χ1v) is 7.76. The average Bonchev–Trinajstić information content (AvgIpc) is 2.57. The van der Waals surface area contributed by atoms with Crippen LogP contribution < -0.4 is 4.74 Å². The van der Waals surface area contributed by atoms with Crippen LogP contribution in [0.2, 0.25) is 0 Å². The predicted octanol–water partition coefficient (Wildman–Crippen LogP) is 2.83. The highest BCUT2D eigenvalue weighted by molar-refractivity contribution is 5.33. The molecular formula is C18H25N3O2. The maximum absolute atomic E-state index is 5.47. The lowest BCUT2D eigenvalue weighted by atomic mass is 10.1. The Kier molecular flexibility index (Phi) is 6.50. The molecule has 1 heterocycles. The van der Waals surface area contributed by atoms with Crippen LogP contribution >= 0.6 is 0 Å². The standard InChI is InChI=1S/C18H25N3O2/c1-14-9-20-17(10-19-14)12-21(15(2)13-22-3)11-16-7-5-6-8-18(16)23-4/h5-10,15H,11-13H2,1-4H3. The lowest BCUT2D eigenvalue weighted by Gasteiger charge is -2.29. The van der Waals surface area contributed by atoms with Gasteiger partial charge < -0.3 is 9.47 Å². The van der Waals surface area contributed by atoms with E-state index in [0.717, 1.165) is 35.8 Å². The van der Waals surface area contributed by atoms with Crippen LogP contribution in [-0.4, -0.2) is 41.7 Å². The monoisotopic (exact) mass is 315 g/mol. The van der Waals surface area contributed by atoms with Crippen LogP contribution in [0.4, 0.5) is 0 Å². The summed E-state index contributed by atoms with van der Waals surface area (Å²) >= 11 is 0. The summed E-state index contributed by atoms with van der Waals surface area (Å²) in [5.41, 5.74) is 3.03. The molecule has 124 valence electrons. The zero-order chi connectivity index (χ0) is 16.7. The molecule has 0 aliphatic heterocycles. The number of benzene rings is 1. The van der Waals surface area contributed by atoms with Crippen LogP contribution in [0.1, 0.15) is 23.9 Å². The van der Waals surface area contributed by atoms with Crippen molar-refractivity contribution in [1.82, 2.24) is 14.9 Å². The van der Waals surface area contributed by atoms with Crippen LogP contribution in [0.15, 0.2) is 36.7 Å². The van der Waals surface area contributed by atoms with Crippen molar-refractivity contribution in [2.24, 2.45) is 0 Å². The highest BCUT2D eigenvalue weighted by Gasteiger charge is 2.17. The molecule has 0 amide bonds. The van der Waals surface area contributed by atoms with Crippen LogP contribution in [0.25, 0.3) is 0 Å². The molecular weight excluding hydrogens is 290 g/mol. The van der Waals surface area contributed by atoms with E-state index >= 15 is 0 Å². The maximum Gasteiger partial charge on any atom is 0.123 e. The summed E-state index contributed by atoms with van der Waals surface area (Å²) in [6, 6.07) is 8.35. The van der Waals surface area contributed by atoms with Crippen molar-refractivity contribution in [1.29, 1.82) is 0 Å². The summed E-state index contributed by atoms with van der Waals surface area (Å²) in [4.78, 5) is 11.1. The van der Waals surface area contributed by atoms with E-state index in [1.807, 2.05) is 31.3 Å². The number of ether oxygens (including phenoxy) is 2. The van der Waals surface area contributed by atoms with Crippen molar-refractivity contribution in [2.75, 3.05) is 20.8 Å². The van der Waals surface area contributed by atoms with Gasteiger partial charge in [-0.3, -0.25) is 14.9 Å². The van der Waals surface area contributed by atoms with Gasteiger partial charge in [0.25, 0.3) is 0 Å². The van der Waals surface area contributed by atoms with Crippen LogP contribution in [0.5, 0.6) is 5.75 Å². The molecule has 23 heavy (non-hydrogen) atoms. The summed E-state index contributed by atoms with van der Waals surface area (Å²) in [5, 5.41) is 0. The lowest BCUT2D eigenvalue weighted by Crippen LogP contribution is -2.35. The van der Waals surface area contributed by atoms with Crippen molar-refractivity contribution >= 4 is 0 Å². The maximum atomic E-state index is 5.47. The highest BCUT2D eigenvalue weighted by Crippen LogP contribution is 2.21. The molecule has 0 radical (unpaired) electrons. The first-order chi connectivity index (χ1) is 11.1. The summed E-state index contributed by atoms with van der Waals surface area (Å²) in [7, 11) is 3.43. The molecule has 2 rings (SSSR count). The van der Waals surface area contributed by atoms with Gasteiger partial charge in [0.05, 0.1) is 25.1 Å².